The summed E-state index contributed by atoms with van der Waals surface area (Å²) in [6.07, 6.45) is 0. The summed E-state index contributed by atoms with van der Waals surface area (Å²) in [7, 11) is 0. The number of hydrogen-bond donors (Lipinski definition) is 1. The standard InChI is InChI=1S/C15H9Cl2N3O2/c16-10-6-7-12(17)11(8-10)13(21)18-15-20-19-14(22-15)9-4-2-1-3-5-9/h1-8H,(H,18,20,21). The van der Waals surface area contributed by atoms with Crippen LogP contribution in [0.3, 0.4) is 0 Å². The summed E-state index contributed by atoms with van der Waals surface area (Å²) in [5.41, 5.74) is 0.991. The number of carbonyl (C=O) groups is 1. The minimum atomic E-state index is -0.476. The van der Waals surface area contributed by atoms with Crippen molar-refractivity contribution >= 4 is 35.1 Å². The van der Waals surface area contributed by atoms with E-state index in [1.807, 2.05) is 30.3 Å². The largest absolute Gasteiger partial charge is 0.403 e. The summed E-state index contributed by atoms with van der Waals surface area (Å²) in [4.78, 5) is 12.2. The van der Waals surface area contributed by atoms with Gasteiger partial charge in [0.05, 0.1) is 10.6 Å². The molecule has 2 aromatic carbocycles. The molecule has 1 amide bonds. The first kappa shape index (κ1) is 14.6. The summed E-state index contributed by atoms with van der Waals surface area (Å²) in [6, 6.07) is 13.8. The molecule has 0 atom stereocenters. The van der Waals surface area contributed by atoms with Gasteiger partial charge in [0.25, 0.3) is 5.91 Å². The van der Waals surface area contributed by atoms with Crippen molar-refractivity contribution in [1.29, 1.82) is 0 Å². The van der Waals surface area contributed by atoms with Crippen molar-refractivity contribution in [2.75, 3.05) is 5.32 Å². The second kappa shape index (κ2) is 6.17. The lowest BCUT2D eigenvalue weighted by Gasteiger charge is -2.03. The Labute approximate surface area is 135 Å². The molecule has 0 aliphatic rings. The highest BCUT2D eigenvalue weighted by Crippen LogP contribution is 2.23. The molecule has 1 aromatic heterocycles. The van der Waals surface area contributed by atoms with Crippen molar-refractivity contribution in [3.63, 3.8) is 0 Å². The molecule has 22 heavy (non-hydrogen) atoms. The smallest absolute Gasteiger partial charge is 0.322 e. The van der Waals surface area contributed by atoms with Crippen LogP contribution < -0.4 is 5.32 Å². The average Bonchev–Trinajstić information content (AvgIpc) is 2.99. The van der Waals surface area contributed by atoms with Crippen molar-refractivity contribution in [2.24, 2.45) is 0 Å². The van der Waals surface area contributed by atoms with Gasteiger partial charge < -0.3 is 4.42 Å². The number of hydrogen-bond acceptors (Lipinski definition) is 4. The zero-order valence-electron chi connectivity index (χ0n) is 11.1. The Bertz CT molecular complexity index is 819. The maximum atomic E-state index is 12.2. The first-order valence-corrected chi connectivity index (χ1v) is 7.04. The Hall–Kier alpha value is -2.37. The fourth-order valence-electron chi connectivity index (χ4n) is 1.81. The van der Waals surface area contributed by atoms with Gasteiger partial charge in [0.1, 0.15) is 0 Å². The summed E-state index contributed by atoms with van der Waals surface area (Å²) in [5, 5.41) is 10.9. The molecule has 7 heteroatoms. The van der Waals surface area contributed by atoms with Gasteiger partial charge in [-0.25, -0.2) is 0 Å². The topological polar surface area (TPSA) is 68.0 Å². The number of nitrogens with zero attached hydrogens (tertiary/aromatic N) is 2. The second-order valence-corrected chi connectivity index (χ2v) is 5.20. The van der Waals surface area contributed by atoms with E-state index in [-0.39, 0.29) is 16.6 Å². The van der Waals surface area contributed by atoms with E-state index in [2.05, 4.69) is 15.5 Å². The molecule has 110 valence electrons. The van der Waals surface area contributed by atoms with E-state index in [0.717, 1.165) is 5.56 Å². The molecule has 1 heterocycles. The normalized spacial score (nSPS) is 10.5. The quantitative estimate of drug-likeness (QED) is 0.776. The molecule has 0 aliphatic carbocycles. The molecular formula is C15H9Cl2N3O2. The van der Waals surface area contributed by atoms with Gasteiger partial charge in [0, 0.05) is 10.6 Å². The Morgan fingerprint density at radius 1 is 1.05 bits per heavy atom. The number of amides is 1. The molecule has 0 saturated heterocycles. The zero-order valence-corrected chi connectivity index (χ0v) is 12.6. The Kier molecular flexibility index (Phi) is 4.09. The second-order valence-electron chi connectivity index (χ2n) is 4.36. The van der Waals surface area contributed by atoms with Crippen LogP contribution in [0, 0.1) is 0 Å². The number of benzene rings is 2. The number of anilines is 1. The fraction of sp³-hybridized carbons (Fsp3) is 0. The van der Waals surface area contributed by atoms with Crippen LogP contribution in [0.4, 0.5) is 6.01 Å². The van der Waals surface area contributed by atoms with Crippen molar-refractivity contribution in [2.45, 2.75) is 0 Å². The minimum Gasteiger partial charge on any atom is -0.403 e. The molecule has 3 aromatic rings. The number of rotatable bonds is 3. The summed E-state index contributed by atoms with van der Waals surface area (Å²) < 4.78 is 5.40. The first-order chi connectivity index (χ1) is 10.6. The van der Waals surface area contributed by atoms with Crippen LogP contribution in [-0.2, 0) is 0 Å². The third-order valence-corrected chi connectivity index (χ3v) is 3.40. The lowest BCUT2D eigenvalue weighted by Crippen LogP contribution is -2.12. The average molecular weight is 334 g/mol. The van der Waals surface area contributed by atoms with Crippen LogP contribution in [0.5, 0.6) is 0 Å². The van der Waals surface area contributed by atoms with Crippen molar-refractivity contribution in [1.82, 2.24) is 10.2 Å². The highest BCUT2D eigenvalue weighted by molar-refractivity contribution is 6.36. The Morgan fingerprint density at radius 3 is 2.59 bits per heavy atom. The molecule has 0 aliphatic heterocycles. The van der Waals surface area contributed by atoms with E-state index in [9.17, 15) is 4.79 Å². The van der Waals surface area contributed by atoms with Crippen LogP contribution in [0.25, 0.3) is 11.5 Å². The van der Waals surface area contributed by atoms with E-state index < -0.39 is 5.91 Å². The maximum Gasteiger partial charge on any atom is 0.322 e. The maximum absolute atomic E-state index is 12.2. The van der Waals surface area contributed by atoms with Gasteiger partial charge in [-0.05, 0) is 30.3 Å². The zero-order chi connectivity index (χ0) is 15.5. The first-order valence-electron chi connectivity index (χ1n) is 6.29. The minimum absolute atomic E-state index is 0.0140. The Balaban J connectivity index is 1.81. The van der Waals surface area contributed by atoms with Gasteiger partial charge in [-0.1, -0.05) is 46.5 Å². The summed E-state index contributed by atoms with van der Waals surface area (Å²) in [5.74, 6) is -0.163. The van der Waals surface area contributed by atoms with Crippen molar-refractivity contribution < 1.29 is 9.21 Å². The molecule has 0 saturated carbocycles. The number of carbonyl (C=O) groups excluding carboxylic acids is 1. The van der Waals surface area contributed by atoms with E-state index in [0.29, 0.717) is 10.9 Å². The molecule has 0 spiro atoms. The van der Waals surface area contributed by atoms with Crippen molar-refractivity contribution in [3.8, 4) is 11.5 Å². The third kappa shape index (κ3) is 3.10. The van der Waals surface area contributed by atoms with Crippen LogP contribution in [0.2, 0.25) is 10.0 Å². The molecule has 0 fully saturated rings. The predicted molar refractivity (Wildman–Crippen MR) is 84.1 cm³/mol. The third-order valence-electron chi connectivity index (χ3n) is 2.84. The predicted octanol–water partition coefficient (Wildman–Crippen LogP) is 4.30. The van der Waals surface area contributed by atoms with E-state index in [4.69, 9.17) is 27.6 Å². The van der Waals surface area contributed by atoms with Gasteiger partial charge in [0.15, 0.2) is 0 Å². The summed E-state index contributed by atoms with van der Waals surface area (Å²) >= 11 is 11.8. The highest BCUT2D eigenvalue weighted by Gasteiger charge is 2.15. The monoisotopic (exact) mass is 333 g/mol. The molecular weight excluding hydrogens is 325 g/mol. The molecule has 0 unspecified atom stereocenters. The SMILES string of the molecule is O=C(Nc1nnc(-c2ccccc2)o1)c1cc(Cl)ccc1Cl. The van der Waals surface area contributed by atoms with Crippen LogP contribution in [-0.4, -0.2) is 16.1 Å². The number of aromatic nitrogens is 2. The molecule has 5 nitrogen and oxygen atoms in total. The Morgan fingerprint density at radius 2 is 1.82 bits per heavy atom. The summed E-state index contributed by atoms with van der Waals surface area (Å²) in [6.45, 7) is 0. The van der Waals surface area contributed by atoms with Crippen LogP contribution in [0.1, 0.15) is 10.4 Å². The van der Waals surface area contributed by atoms with Gasteiger partial charge in [-0.2, -0.15) is 0 Å². The van der Waals surface area contributed by atoms with Gasteiger partial charge in [0.2, 0.25) is 5.89 Å². The number of halogens is 2. The van der Waals surface area contributed by atoms with Gasteiger partial charge in [-0.3, -0.25) is 10.1 Å². The highest BCUT2D eigenvalue weighted by atomic mass is 35.5. The van der Waals surface area contributed by atoms with Crippen LogP contribution in [0.15, 0.2) is 52.9 Å². The van der Waals surface area contributed by atoms with Gasteiger partial charge >= 0.3 is 6.01 Å². The number of nitrogens with one attached hydrogen (secondary N) is 1. The van der Waals surface area contributed by atoms with E-state index >= 15 is 0 Å². The molecule has 1 N–H and O–H groups in total. The van der Waals surface area contributed by atoms with Crippen molar-refractivity contribution in [3.05, 3.63) is 64.1 Å². The van der Waals surface area contributed by atoms with Gasteiger partial charge in [-0.15, -0.1) is 5.10 Å². The van der Waals surface area contributed by atoms with E-state index in [1.165, 1.54) is 6.07 Å². The molecule has 0 radical (unpaired) electrons. The lowest BCUT2D eigenvalue weighted by atomic mass is 10.2. The molecule has 3 rings (SSSR count). The lowest BCUT2D eigenvalue weighted by molar-refractivity contribution is 0.102. The van der Waals surface area contributed by atoms with Crippen LogP contribution >= 0.6 is 23.2 Å². The fourth-order valence-corrected chi connectivity index (χ4v) is 2.18. The van der Waals surface area contributed by atoms with E-state index in [1.54, 1.807) is 12.1 Å². The molecule has 0 bridgehead atoms.